The van der Waals surface area contributed by atoms with Crippen LogP contribution >= 0.6 is 11.6 Å². The van der Waals surface area contributed by atoms with Crippen molar-refractivity contribution < 1.29 is 14.3 Å². The van der Waals surface area contributed by atoms with E-state index in [2.05, 4.69) is 5.32 Å². The monoisotopic (exact) mass is 237 g/mol. The summed E-state index contributed by atoms with van der Waals surface area (Å²) >= 11 is 5.60. The molecule has 0 rings (SSSR count). The minimum absolute atomic E-state index is 0.0229. The molecule has 0 fully saturated rings. The van der Waals surface area contributed by atoms with Crippen molar-refractivity contribution >= 4 is 17.5 Å². The van der Waals surface area contributed by atoms with Gasteiger partial charge in [0, 0.05) is 19.6 Å². The molecule has 1 N–H and O–H groups in total. The maximum atomic E-state index is 11.3. The molecule has 1 amide bonds. The van der Waals surface area contributed by atoms with Gasteiger partial charge in [-0.2, -0.15) is 0 Å². The number of nitrogens with one attached hydrogen (secondary N) is 1. The number of hydrogen-bond acceptors (Lipinski definition) is 3. The molecule has 1 atom stereocenters. The smallest absolute Gasteiger partial charge is 0.246 e. The molecule has 0 aromatic rings. The predicted octanol–water partition coefficient (Wildman–Crippen LogP) is 1.17. The van der Waals surface area contributed by atoms with Crippen LogP contribution in [0.5, 0.6) is 0 Å². The Bertz CT molecular complexity index is 161. The molecule has 0 aliphatic carbocycles. The molecule has 0 aromatic carbocycles. The third-order valence-corrected chi connectivity index (χ3v) is 1.99. The molecule has 0 aromatic heterocycles. The molecule has 0 saturated carbocycles. The first-order valence-corrected chi connectivity index (χ1v) is 5.70. The Hall–Kier alpha value is -0.320. The van der Waals surface area contributed by atoms with Crippen molar-refractivity contribution in [3.63, 3.8) is 0 Å². The summed E-state index contributed by atoms with van der Waals surface area (Å²) < 4.78 is 10.1. The lowest BCUT2D eigenvalue weighted by Crippen LogP contribution is -2.40. The van der Waals surface area contributed by atoms with Crippen molar-refractivity contribution in [1.29, 1.82) is 0 Å². The number of alkyl halides is 1. The first-order chi connectivity index (χ1) is 7.24. The Morgan fingerprint density at radius 3 is 2.80 bits per heavy atom. The number of halogens is 1. The highest BCUT2D eigenvalue weighted by atomic mass is 35.5. The zero-order chi connectivity index (χ0) is 11.5. The van der Waals surface area contributed by atoms with Crippen LogP contribution in [0.4, 0.5) is 0 Å². The van der Waals surface area contributed by atoms with Gasteiger partial charge < -0.3 is 14.8 Å². The van der Waals surface area contributed by atoms with Crippen molar-refractivity contribution in [2.45, 2.75) is 25.8 Å². The standard InChI is InChI=1S/C10H20ClNO3/c1-3-6-15-8-10(13)12-9(4-5-11)7-14-2/h9H,3-8H2,1-2H3,(H,12,13). The van der Waals surface area contributed by atoms with Crippen LogP contribution in [0.2, 0.25) is 0 Å². The first kappa shape index (κ1) is 14.7. The summed E-state index contributed by atoms with van der Waals surface area (Å²) in [4.78, 5) is 11.3. The molecule has 1 unspecified atom stereocenters. The van der Waals surface area contributed by atoms with Gasteiger partial charge in [-0.3, -0.25) is 4.79 Å². The Morgan fingerprint density at radius 2 is 2.27 bits per heavy atom. The number of methoxy groups -OCH3 is 1. The normalized spacial score (nSPS) is 12.5. The topological polar surface area (TPSA) is 47.6 Å². The average molecular weight is 238 g/mol. The third-order valence-electron chi connectivity index (χ3n) is 1.77. The van der Waals surface area contributed by atoms with Crippen molar-refractivity contribution in [2.75, 3.05) is 32.8 Å². The number of carbonyl (C=O) groups is 1. The molecule has 0 spiro atoms. The lowest BCUT2D eigenvalue weighted by molar-refractivity contribution is -0.126. The quantitative estimate of drug-likeness (QED) is 0.484. The van der Waals surface area contributed by atoms with Gasteiger partial charge in [0.15, 0.2) is 0 Å². The highest BCUT2D eigenvalue weighted by Gasteiger charge is 2.11. The van der Waals surface area contributed by atoms with E-state index in [0.717, 1.165) is 6.42 Å². The van der Waals surface area contributed by atoms with Crippen molar-refractivity contribution in [1.82, 2.24) is 5.32 Å². The molecule has 4 nitrogen and oxygen atoms in total. The molecule has 0 radical (unpaired) electrons. The van der Waals surface area contributed by atoms with E-state index in [1.54, 1.807) is 7.11 Å². The molecule has 15 heavy (non-hydrogen) atoms. The van der Waals surface area contributed by atoms with Crippen molar-refractivity contribution in [2.24, 2.45) is 0 Å². The number of hydrogen-bond donors (Lipinski definition) is 1. The Morgan fingerprint density at radius 1 is 1.53 bits per heavy atom. The second kappa shape index (κ2) is 10.2. The average Bonchev–Trinajstić information content (AvgIpc) is 2.19. The van der Waals surface area contributed by atoms with E-state index in [1.165, 1.54) is 0 Å². The van der Waals surface area contributed by atoms with Gasteiger partial charge in [0.1, 0.15) is 6.61 Å². The van der Waals surface area contributed by atoms with Crippen LogP contribution in [0.25, 0.3) is 0 Å². The molecular formula is C10H20ClNO3. The number of ether oxygens (including phenoxy) is 2. The second-order valence-electron chi connectivity index (χ2n) is 3.25. The van der Waals surface area contributed by atoms with E-state index in [1.807, 2.05) is 6.92 Å². The van der Waals surface area contributed by atoms with Gasteiger partial charge in [-0.1, -0.05) is 6.92 Å². The van der Waals surface area contributed by atoms with Crippen LogP contribution in [0.15, 0.2) is 0 Å². The molecule has 0 aliphatic heterocycles. The summed E-state index contributed by atoms with van der Waals surface area (Å²) in [5.74, 6) is 0.389. The van der Waals surface area contributed by atoms with Gasteiger partial charge in [0.25, 0.3) is 0 Å². The molecule has 0 aliphatic rings. The Kier molecular flexibility index (Phi) is 9.99. The van der Waals surface area contributed by atoms with Gasteiger partial charge in [-0.25, -0.2) is 0 Å². The van der Waals surface area contributed by atoms with Crippen LogP contribution in [0, 0.1) is 0 Å². The minimum Gasteiger partial charge on any atom is -0.383 e. The molecule has 0 bridgehead atoms. The second-order valence-corrected chi connectivity index (χ2v) is 3.63. The molecular weight excluding hydrogens is 218 g/mol. The van der Waals surface area contributed by atoms with Crippen molar-refractivity contribution in [3.8, 4) is 0 Å². The van der Waals surface area contributed by atoms with Gasteiger partial charge in [-0.15, -0.1) is 11.6 Å². The fourth-order valence-electron chi connectivity index (χ4n) is 1.11. The minimum atomic E-state index is -0.115. The summed E-state index contributed by atoms with van der Waals surface area (Å²) in [5.41, 5.74) is 0. The van der Waals surface area contributed by atoms with E-state index in [4.69, 9.17) is 21.1 Å². The van der Waals surface area contributed by atoms with E-state index in [-0.39, 0.29) is 18.6 Å². The van der Waals surface area contributed by atoms with E-state index < -0.39 is 0 Å². The summed E-state index contributed by atoms with van der Waals surface area (Å²) in [6, 6.07) is -0.0229. The van der Waals surface area contributed by atoms with Crippen molar-refractivity contribution in [3.05, 3.63) is 0 Å². The summed E-state index contributed by atoms with van der Waals surface area (Å²) in [6.45, 7) is 3.19. The molecule has 0 heterocycles. The van der Waals surface area contributed by atoms with E-state index >= 15 is 0 Å². The lowest BCUT2D eigenvalue weighted by atomic mass is 10.2. The highest BCUT2D eigenvalue weighted by molar-refractivity contribution is 6.17. The first-order valence-electron chi connectivity index (χ1n) is 5.16. The van der Waals surface area contributed by atoms with Gasteiger partial charge in [0.05, 0.1) is 12.6 Å². The van der Waals surface area contributed by atoms with Gasteiger partial charge >= 0.3 is 0 Å². The van der Waals surface area contributed by atoms with Crippen LogP contribution in [-0.4, -0.2) is 44.8 Å². The number of amides is 1. The zero-order valence-corrected chi connectivity index (χ0v) is 10.2. The van der Waals surface area contributed by atoms with Crippen LogP contribution in [0.1, 0.15) is 19.8 Å². The largest absolute Gasteiger partial charge is 0.383 e. The van der Waals surface area contributed by atoms with E-state index in [0.29, 0.717) is 25.5 Å². The SMILES string of the molecule is CCCOCC(=O)NC(CCCl)COC. The highest BCUT2D eigenvalue weighted by Crippen LogP contribution is 1.95. The van der Waals surface area contributed by atoms with Gasteiger partial charge in [-0.05, 0) is 12.8 Å². The molecule has 90 valence electrons. The molecule has 5 heteroatoms. The van der Waals surface area contributed by atoms with Crippen LogP contribution in [0.3, 0.4) is 0 Å². The predicted molar refractivity (Wildman–Crippen MR) is 60.3 cm³/mol. The number of carbonyl (C=O) groups excluding carboxylic acids is 1. The fourth-order valence-corrected chi connectivity index (χ4v) is 1.37. The lowest BCUT2D eigenvalue weighted by Gasteiger charge is -2.16. The van der Waals surface area contributed by atoms with Gasteiger partial charge in [0.2, 0.25) is 5.91 Å². The molecule has 0 saturated heterocycles. The maximum Gasteiger partial charge on any atom is 0.246 e. The summed E-state index contributed by atoms with van der Waals surface area (Å²) in [6.07, 6.45) is 1.62. The van der Waals surface area contributed by atoms with Crippen LogP contribution in [-0.2, 0) is 14.3 Å². The number of rotatable bonds is 9. The van der Waals surface area contributed by atoms with Crippen LogP contribution < -0.4 is 5.32 Å². The Labute approximate surface area is 96.3 Å². The zero-order valence-electron chi connectivity index (χ0n) is 9.42. The fraction of sp³-hybridized carbons (Fsp3) is 0.900. The third kappa shape index (κ3) is 8.66. The Balaban J connectivity index is 3.67. The van der Waals surface area contributed by atoms with E-state index in [9.17, 15) is 4.79 Å². The summed E-state index contributed by atoms with van der Waals surface area (Å²) in [7, 11) is 1.60. The maximum absolute atomic E-state index is 11.3. The summed E-state index contributed by atoms with van der Waals surface area (Å²) in [5, 5.41) is 2.80.